The number of benzene rings is 2. The van der Waals surface area contributed by atoms with Gasteiger partial charge in [-0.3, -0.25) is 0 Å². The van der Waals surface area contributed by atoms with Crippen LogP contribution < -0.4 is 0 Å². The van der Waals surface area contributed by atoms with Crippen LogP contribution in [-0.2, 0) is 5.67 Å². The first-order valence-electron chi connectivity index (χ1n) is 8.33. The zero-order valence-electron chi connectivity index (χ0n) is 15.7. The Morgan fingerprint density at radius 2 is 0.909 bits per heavy atom. The lowest BCUT2D eigenvalue weighted by Crippen LogP contribution is -2.54. The Bertz CT molecular complexity index is 1100. The van der Waals surface area contributed by atoms with Crippen LogP contribution >= 0.6 is 0 Å². The topological polar surface area (TPSA) is 149 Å². The molecule has 0 aliphatic heterocycles. The van der Waals surface area contributed by atoms with E-state index < -0.39 is 75.0 Å². The van der Waals surface area contributed by atoms with Crippen molar-refractivity contribution in [1.29, 1.82) is 0 Å². The lowest BCUT2D eigenvalue weighted by Gasteiger charge is -2.37. The van der Waals surface area contributed by atoms with Crippen molar-refractivity contribution >= 4 is 23.9 Å². The van der Waals surface area contributed by atoms with Crippen LogP contribution in [0.3, 0.4) is 0 Å². The molecular formula is C19H10F6O8. The fourth-order valence-corrected chi connectivity index (χ4v) is 3.17. The molecule has 2 rings (SSSR count). The molecule has 8 nitrogen and oxygen atoms in total. The monoisotopic (exact) mass is 480 g/mol. The molecule has 0 aromatic heterocycles. The first kappa shape index (κ1) is 25.2. The molecule has 0 atom stereocenters. The normalized spacial score (nSPS) is 12.3. The molecule has 0 aliphatic rings. The number of hydrogen-bond acceptors (Lipinski definition) is 4. The van der Waals surface area contributed by atoms with E-state index in [2.05, 4.69) is 0 Å². The molecule has 0 amide bonds. The maximum atomic E-state index is 16.3. The molecule has 4 N–H and O–H groups in total. The van der Waals surface area contributed by atoms with Gasteiger partial charge in [0, 0.05) is 11.1 Å². The van der Waals surface area contributed by atoms with Crippen molar-refractivity contribution in [3.8, 4) is 0 Å². The van der Waals surface area contributed by atoms with Crippen LogP contribution in [0.1, 0.15) is 52.6 Å². The van der Waals surface area contributed by atoms with Crippen molar-refractivity contribution in [3.63, 3.8) is 0 Å². The zero-order chi connectivity index (χ0) is 25.5. The van der Waals surface area contributed by atoms with Crippen LogP contribution in [0.25, 0.3) is 0 Å². The number of alkyl halides is 6. The average molecular weight is 480 g/mol. The first-order chi connectivity index (χ1) is 15.0. The van der Waals surface area contributed by atoms with Crippen LogP contribution in [0.4, 0.5) is 26.3 Å². The molecule has 2 aromatic rings. The highest BCUT2D eigenvalue weighted by atomic mass is 19.4. The molecule has 0 fully saturated rings. The van der Waals surface area contributed by atoms with Gasteiger partial charge in [-0.05, 0) is 12.1 Å². The number of aromatic carboxylic acids is 4. The smallest absolute Gasteiger partial charge is 0.457 e. The van der Waals surface area contributed by atoms with Gasteiger partial charge in [0.15, 0.2) is 0 Å². The van der Waals surface area contributed by atoms with Gasteiger partial charge in [0.05, 0.1) is 22.3 Å². The third kappa shape index (κ3) is 3.83. The maximum Gasteiger partial charge on any atom is 0.457 e. The lowest BCUT2D eigenvalue weighted by molar-refractivity contribution is -0.323. The molecule has 14 heteroatoms. The van der Waals surface area contributed by atoms with Crippen molar-refractivity contribution in [1.82, 2.24) is 0 Å². The van der Waals surface area contributed by atoms with Gasteiger partial charge in [0.25, 0.3) is 0 Å². The van der Waals surface area contributed by atoms with Crippen LogP contribution in [-0.4, -0.2) is 56.4 Å². The van der Waals surface area contributed by atoms with Crippen molar-refractivity contribution in [2.24, 2.45) is 0 Å². The van der Waals surface area contributed by atoms with Gasteiger partial charge in [-0.25, -0.2) is 23.6 Å². The summed E-state index contributed by atoms with van der Waals surface area (Å²) >= 11 is 0. The minimum atomic E-state index is -6.77. The highest BCUT2D eigenvalue weighted by molar-refractivity contribution is 6.05. The fourth-order valence-electron chi connectivity index (χ4n) is 3.17. The van der Waals surface area contributed by atoms with Crippen LogP contribution in [0, 0.1) is 0 Å². The summed E-state index contributed by atoms with van der Waals surface area (Å²) in [6.45, 7) is 0. The molecule has 176 valence electrons. The summed E-state index contributed by atoms with van der Waals surface area (Å²) < 4.78 is 85.8. The minimum absolute atomic E-state index is 0.106. The van der Waals surface area contributed by atoms with E-state index >= 15 is 4.39 Å². The fraction of sp³-hybridized carbons (Fsp3) is 0.158. The van der Waals surface area contributed by atoms with E-state index in [4.69, 9.17) is 10.2 Å². The Labute approximate surface area is 178 Å². The Kier molecular flexibility index (Phi) is 6.18. The molecule has 0 aliphatic carbocycles. The van der Waals surface area contributed by atoms with E-state index in [9.17, 15) is 51.3 Å². The molecule has 0 spiro atoms. The largest absolute Gasteiger partial charge is 0.478 e. The van der Waals surface area contributed by atoms with Crippen LogP contribution in [0.15, 0.2) is 36.4 Å². The molecule has 0 bridgehead atoms. The number of carbonyl (C=O) groups is 4. The quantitative estimate of drug-likeness (QED) is 0.436. The number of carboxylic acid groups (broad SMARTS) is 4. The van der Waals surface area contributed by atoms with E-state index in [0.717, 1.165) is 0 Å². The molecule has 0 unspecified atom stereocenters. The predicted octanol–water partition coefficient (Wildman–Crippen LogP) is 3.89. The summed E-state index contributed by atoms with van der Waals surface area (Å²) in [7, 11) is 0. The zero-order valence-corrected chi connectivity index (χ0v) is 15.7. The van der Waals surface area contributed by atoms with Gasteiger partial charge in [-0.15, -0.1) is 0 Å². The Morgan fingerprint density at radius 1 is 0.576 bits per heavy atom. The third-order valence-corrected chi connectivity index (χ3v) is 4.55. The molecule has 0 heterocycles. The molecule has 33 heavy (non-hydrogen) atoms. The van der Waals surface area contributed by atoms with Crippen molar-refractivity contribution in [2.75, 3.05) is 0 Å². The van der Waals surface area contributed by atoms with Crippen molar-refractivity contribution in [3.05, 3.63) is 69.8 Å². The van der Waals surface area contributed by atoms with E-state index in [0.29, 0.717) is 24.3 Å². The summed E-state index contributed by atoms with van der Waals surface area (Å²) in [4.78, 5) is 45.9. The second-order valence-electron chi connectivity index (χ2n) is 6.41. The van der Waals surface area contributed by atoms with Crippen LogP contribution in [0.2, 0.25) is 0 Å². The predicted molar refractivity (Wildman–Crippen MR) is 93.6 cm³/mol. The number of halogens is 6. The Hall–Kier alpha value is -4.10. The summed E-state index contributed by atoms with van der Waals surface area (Å²) in [6.07, 6.45) is -6.77. The molecular weight excluding hydrogens is 470 g/mol. The van der Waals surface area contributed by atoms with E-state index in [-0.39, 0.29) is 12.1 Å². The third-order valence-electron chi connectivity index (χ3n) is 4.55. The number of hydrogen-bond donors (Lipinski definition) is 4. The van der Waals surface area contributed by atoms with Gasteiger partial charge >= 0.3 is 36.0 Å². The SMILES string of the molecule is O=C(O)c1cccc(C(F)(c2cccc(C(=O)O)c2C(=O)O)C(F)(F)C(F)(F)F)c1C(=O)O. The second kappa shape index (κ2) is 8.11. The summed E-state index contributed by atoms with van der Waals surface area (Å²) in [6, 6.07) is 2.10. The summed E-state index contributed by atoms with van der Waals surface area (Å²) in [5.74, 6) is -15.7. The van der Waals surface area contributed by atoms with Crippen molar-refractivity contribution in [2.45, 2.75) is 17.8 Å². The summed E-state index contributed by atoms with van der Waals surface area (Å²) in [5, 5.41) is 36.9. The Morgan fingerprint density at radius 3 is 1.15 bits per heavy atom. The minimum Gasteiger partial charge on any atom is -0.478 e. The molecule has 0 radical (unpaired) electrons. The standard InChI is InChI=1S/C19H10F6O8/c20-17(18(21,22)19(23,24)25,9-5-1-3-7(13(26)27)11(9)15(30)31)10-6-2-4-8(14(28)29)12(10)16(32)33/h1-6H,(H,26,27)(H,28,29)(H,30,31)(H,32,33). The van der Waals surface area contributed by atoms with E-state index in [1.165, 1.54) is 0 Å². The first-order valence-corrected chi connectivity index (χ1v) is 8.33. The number of carboxylic acids is 4. The van der Waals surface area contributed by atoms with Gasteiger partial charge in [0.1, 0.15) is 0 Å². The van der Waals surface area contributed by atoms with Gasteiger partial charge in [-0.2, -0.15) is 22.0 Å². The van der Waals surface area contributed by atoms with Crippen LogP contribution in [0.5, 0.6) is 0 Å². The van der Waals surface area contributed by atoms with E-state index in [1.807, 2.05) is 0 Å². The highest BCUT2D eigenvalue weighted by Crippen LogP contribution is 2.56. The van der Waals surface area contributed by atoms with Gasteiger partial charge in [0.2, 0.25) is 5.67 Å². The molecule has 2 aromatic carbocycles. The van der Waals surface area contributed by atoms with Gasteiger partial charge < -0.3 is 20.4 Å². The Balaban J connectivity index is 3.24. The second-order valence-corrected chi connectivity index (χ2v) is 6.41. The average Bonchev–Trinajstić information content (AvgIpc) is 2.70. The van der Waals surface area contributed by atoms with E-state index in [1.54, 1.807) is 0 Å². The maximum absolute atomic E-state index is 16.3. The highest BCUT2D eigenvalue weighted by Gasteiger charge is 2.74. The number of rotatable bonds is 7. The summed E-state index contributed by atoms with van der Waals surface area (Å²) in [5.41, 5.74) is -15.9. The molecule has 0 saturated heterocycles. The van der Waals surface area contributed by atoms with Crippen molar-refractivity contribution < 1.29 is 65.9 Å². The lowest BCUT2D eigenvalue weighted by atomic mass is 9.76. The molecule has 0 saturated carbocycles. The van der Waals surface area contributed by atoms with Gasteiger partial charge in [-0.1, -0.05) is 24.3 Å².